The van der Waals surface area contributed by atoms with E-state index >= 15 is 0 Å². The quantitative estimate of drug-likeness (QED) is 0.781. The van der Waals surface area contributed by atoms with Crippen molar-refractivity contribution in [2.45, 2.75) is 24.2 Å². The van der Waals surface area contributed by atoms with Crippen molar-refractivity contribution in [1.82, 2.24) is 0 Å². The molecule has 0 spiro atoms. The number of rotatable bonds is 6. The summed E-state index contributed by atoms with van der Waals surface area (Å²) in [5.74, 6) is 1.45. The van der Waals surface area contributed by atoms with E-state index in [1.54, 1.807) is 12.1 Å². The minimum atomic E-state index is -0.439. The smallest absolute Gasteiger partial charge is 0.119 e. The Balaban J connectivity index is 1.63. The standard InChI is InChI=1S/C14H21NO3S/c15-11-1-3-13(4-2-11)18-9-12(16)10-19-14-5-7-17-8-6-14/h1-4,12,14,16H,5-10,15H2. The summed E-state index contributed by atoms with van der Waals surface area (Å²) in [4.78, 5) is 0. The molecule has 1 aliphatic heterocycles. The first-order chi connectivity index (χ1) is 9.24. The molecule has 1 fully saturated rings. The highest BCUT2D eigenvalue weighted by atomic mass is 32.2. The second-order valence-corrected chi connectivity index (χ2v) is 6.01. The maximum Gasteiger partial charge on any atom is 0.119 e. The fraction of sp³-hybridized carbons (Fsp3) is 0.571. The van der Waals surface area contributed by atoms with E-state index in [-0.39, 0.29) is 0 Å². The Kier molecular flexibility index (Phi) is 5.82. The molecular formula is C14H21NO3S. The minimum absolute atomic E-state index is 0.320. The van der Waals surface area contributed by atoms with E-state index < -0.39 is 6.10 Å². The van der Waals surface area contributed by atoms with Crippen molar-refractivity contribution in [3.63, 3.8) is 0 Å². The van der Waals surface area contributed by atoms with Gasteiger partial charge in [0.05, 0.1) is 6.10 Å². The highest BCUT2D eigenvalue weighted by Crippen LogP contribution is 2.22. The SMILES string of the molecule is Nc1ccc(OCC(O)CSC2CCOCC2)cc1. The lowest BCUT2D eigenvalue weighted by molar-refractivity contribution is 0.0993. The molecule has 4 nitrogen and oxygen atoms in total. The number of thioether (sulfide) groups is 1. The zero-order valence-corrected chi connectivity index (χ0v) is 11.8. The zero-order valence-electron chi connectivity index (χ0n) is 11.0. The van der Waals surface area contributed by atoms with Crippen molar-refractivity contribution in [3.8, 4) is 5.75 Å². The largest absolute Gasteiger partial charge is 0.491 e. The monoisotopic (exact) mass is 283 g/mol. The Hall–Kier alpha value is -0.910. The number of ether oxygens (including phenoxy) is 2. The van der Waals surface area contributed by atoms with E-state index in [1.165, 1.54) is 0 Å². The number of nitrogen functional groups attached to an aromatic ring is 1. The van der Waals surface area contributed by atoms with Gasteiger partial charge in [-0.05, 0) is 37.1 Å². The van der Waals surface area contributed by atoms with Crippen LogP contribution in [0, 0.1) is 0 Å². The second-order valence-electron chi connectivity index (χ2n) is 4.68. The number of nitrogens with two attached hydrogens (primary N) is 1. The summed E-state index contributed by atoms with van der Waals surface area (Å²) in [6.07, 6.45) is 1.72. The van der Waals surface area contributed by atoms with Gasteiger partial charge >= 0.3 is 0 Å². The molecule has 1 aromatic carbocycles. The highest BCUT2D eigenvalue weighted by molar-refractivity contribution is 7.99. The zero-order chi connectivity index (χ0) is 13.5. The van der Waals surface area contributed by atoms with Crippen LogP contribution in [0.15, 0.2) is 24.3 Å². The third kappa shape index (κ3) is 5.30. The minimum Gasteiger partial charge on any atom is -0.491 e. The van der Waals surface area contributed by atoms with Gasteiger partial charge in [-0.3, -0.25) is 0 Å². The molecule has 0 radical (unpaired) electrons. The molecular weight excluding hydrogens is 262 g/mol. The molecule has 1 aliphatic rings. The van der Waals surface area contributed by atoms with Crippen LogP contribution in [-0.4, -0.2) is 42.0 Å². The van der Waals surface area contributed by atoms with Crippen LogP contribution >= 0.6 is 11.8 Å². The summed E-state index contributed by atoms with van der Waals surface area (Å²) in [7, 11) is 0. The average molecular weight is 283 g/mol. The molecule has 1 saturated heterocycles. The Morgan fingerprint density at radius 1 is 1.32 bits per heavy atom. The number of aliphatic hydroxyl groups excluding tert-OH is 1. The van der Waals surface area contributed by atoms with Crippen LogP contribution in [0.4, 0.5) is 5.69 Å². The van der Waals surface area contributed by atoms with Gasteiger partial charge in [0.15, 0.2) is 0 Å². The van der Waals surface area contributed by atoms with Gasteiger partial charge in [-0.15, -0.1) is 0 Å². The average Bonchev–Trinajstić information content (AvgIpc) is 2.45. The Morgan fingerprint density at radius 3 is 2.68 bits per heavy atom. The number of anilines is 1. The third-order valence-corrected chi connectivity index (χ3v) is 4.54. The lowest BCUT2D eigenvalue weighted by Gasteiger charge is -2.22. The van der Waals surface area contributed by atoms with E-state index in [0.29, 0.717) is 23.3 Å². The van der Waals surface area contributed by atoms with Crippen molar-refractivity contribution >= 4 is 17.4 Å². The molecule has 5 heteroatoms. The summed E-state index contributed by atoms with van der Waals surface area (Å²) in [6, 6.07) is 7.21. The molecule has 0 aromatic heterocycles. The first-order valence-corrected chi connectivity index (χ1v) is 7.64. The van der Waals surface area contributed by atoms with Gasteiger partial charge in [0, 0.05) is 29.9 Å². The predicted molar refractivity (Wildman–Crippen MR) is 78.7 cm³/mol. The molecule has 1 aromatic rings. The van der Waals surface area contributed by atoms with E-state index in [4.69, 9.17) is 15.2 Å². The second kappa shape index (κ2) is 7.62. The number of hydrogen-bond acceptors (Lipinski definition) is 5. The van der Waals surface area contributed by atoms with Crippen molar-refractivity contribution < 1.29 is 14.6 Å². The summed E-state index contributed by atoms with van der Waals surface area (Å²) in [5, 5.41) is 10.5. The van der Waals surface area contributed by atoms with Crippen molar-refractivity contribution in [3.05, 3.63) is 24.3 Å². The van der Waals surface area contributed by atoms with Gasteiger partial charge in [-0.2, -0.15) is 11.8 Å². The van der Waals surface area contributed by atoms with Crippen molar-refractivity contribution in [2.75, 3.05) is 31.3 Å². The molecule has 19 heavy (non-hydrogen) atoms. The van der Waals surface area contributed by atoms with Gasteiger partial charge in [0.1, 0.15) is 12.4 Å². The fourth-order valence-electron chi connectivity index (χ4n) is 1.89. The highest BCUT2D eigenvalue weighted by Gasteiger charge is 2.16. The summed E-state index contributed by atoms with van der Waals surface area (Å²) in [6.45, 7) is 2.01. The van der Waals surface area contributed by atoms with E-state index in [1.807, 2.05) is 23.9 Å². The molecule has 106 valence electrons. The van der Waals surface area contributed by atoms with Gasteiger partial charge in [0.2, 0.25) is 0 Å². The summed E-state index contributed by atoms with van der Waals surface area (Å²) < 4.78 is 10.8. The topological polar surface area (TPSA) is 64.7 Å². The molecule has 2 rings (SSSR count). The molecule has 0 bridgehead atoms. The van der Waals surface area contributed by atoms with E-state index in [2.05, 4.69) is 0 Å². The molecule has 1 atom stereocenters. The van der Waals surface area contributed by atoms with Crippen LogP contribution < -0.4 is 10.5 Å². The predicted octanol–water partition coefficient (Wildman–Crippen LogP) is 1.92. The lowest BCUT2D eigenvalue weighted by atomic mass is 10.2. The Bertz CT molecular complexity index is 365. The van der Waals surface area contributed by atoms with Crippen LogP contribution in [-0.2, 0) is 4.74 Å². The molecule has 1 heterocycles. The van der Waals surface area contributed by atoms with E-state index in [9.17, 15) is 5.11 Å². The number of hydrogen-bond donors (Lipinski definition) is 2. The molecule has 0 aliphatic carbocycles. The number of benzene rings is 1. The molecule has 1 unspecified atom stereocenters. The normalized spacial score (nSPS) is 18.2. The first-order valence-electron chi connectivity index (χ1n) is 6.60. The third-order valence-electron chi connectivity index (χ3n) is 3.02. The lowest BCUT2D eigenvalue weighted by Crippen LogP contribution is -2.24. The number of aliphatic hydroxyl groups is 1. The van der Waals surface area contributed by atoms with Crippen molar-refractivity contribution in [2.24, 2.45) is 0 Å². The molecule has 0 saturated carbocycles. The first kappa shape index (κ1) is 14.5. The van der Waals surface area contributed by atoms with Gasteiger partial charge in [-0.25, -0.2) is 0 Å². The van der Waals surface area contributed by atoms with Gasteiger partial charge in [-0.1, -0.05) is 0 Å². The van der Waals surface area contributed by atoms with Gasteiger partial charge in [0.25, 0.3) is 0 Å². The van der Waals surface area contributed by atoms with Crippen molar-refractivity contribution in [1.29, 1.82) is 0 Å². The Morgan fingerprint density at radius 2 is 2.00 bits per heavy atom. The van der Waals surface area contributed by atoms with Crippen LogP contribution in [0.25, 0.3) is 0 Å². The maximum absolute atomic E-state index is 9.89. The molecule has 3 N–H and O–H groups in total. The van der Waals surface area contributed by atoms with Gasteiger partial charge < -0.3 is 20.3 Å². The molecule has 0 amide bonds. The van der Waals surface area contributed by atoms with Crippen LogP contribution in [0.1, 0.15) is 12.8 Å². The van der Waals surface area contributed by atoms with Crippen LogP contribution in [0.2, 0.25) is 0 Å². The van der Waals surface area contributed by atoms with Crippen LogP contribution in [0.5, 0.6) is 5.75 Å². The maximum atomic E-state index is 9.89. The fourth-order valence-corrected chi connectivity index (χ4v) is 3.01. The Labute approximate surface area is 118 Å². The summed E-state index contributed by atoms with van der Waals surface area (Å²) >= 11 is 1.81. The summed E-state index contributed by atoms with van der Waals surface area (Å²) in [5.41, 5.74) is 6.31. The van der Waals surface area contributed by atoms with Crippen LogP contribution in [0.3, 0.4) is 0 Å². The van der Waals surface area contributed by atoms with E-state index in [0.717, 1.165) is 31.8 Å².